The van der Waals surface area contributed by atoms with Crippen LogP contribution in [0.15, 0.2) is 54.7 Å². The lowest BCUT2D eigenvalue weighted by Gasteiger charge is -2.17. The van der Waals surface area contributed by atoms with Gasteiger partial charge < -0.3 is 19.7 Å². The first-order valence-electron chi connectivity index (χ1n) is 10.9. The molecule has 170 valence electrons. The SMILES string of the molecule is Cc1cc(-c2cccc(C(=O)N(C)C)c2)cnc1NC(=O)C1(c2ccc3c(c2)OCO3)CC1.[HH]. The zero-order valence-corrected chi connectivity index (χ0v) is 18.8. The van der Waals surface area contributed by atoms with Crippen LogP contribution in [0.3, 0.4) is 0 Å². The van der Waals surface area contributed by atoms with E-state index in [4.69, 9.17) is 9.47 Å². The minimum Gasteiger partial charge on any atom is -0.454 e. The molecule has 1 aromatic heterocycles. The third-order valence-electron chi connectivity index (χ3n) is 6.27. The number of pyridine rings is 1. The van der Waals surface area contributed by atoms with E-state index >= 15 is 0 Å². The van der Waals surface area contributed by atoms with Gasteiger partial charge in [0.2, 0.25) is 12.7 Å². The largest absolute Gasteiger partial charge is 0.454 e. The summed E-state index contributed by atoms with van der Waals surface area (Å²) in [6.45, 7) is 2.13. The van der Waals surface area contributed by atoms with E-state index in [-0.39, 0.29) is 20.0 Å². The van der Waals surface area contributed by atoms with Gasteiger partial charge in [-0.25, -0.2) is 4.98 Å². The van der Waals surface area contributed by atoms with Gasteiger partial charge in [-0.15, -0.1) is 0 Å². The Balaban J connectivity index is 0.00000274. The molecule has 0 atom stereocenters. The second-order valence-corrected chi connectivity index (χ2v) is 8.77. The van der Waals surface area contributed by atoms with Gasteiger partial charge in [0.15, 0.2) is 11.5 Å². The fraction of sp³-hybridized carbons (Fsp3) is 0.269. The van der Waals surface area contributed by atoms with Gasteiger partial charge in [-0.2, -0.15) is 0 Å². The molecular formula is C26H27N3O4. The molecule has 2 aromatic carbocycles. The topological polar surface area (TPSA) is 80.8 Å². The molecule has 0 unspecified atom stereocenters. The van der Waals surface area contributed by atoms with Crippen LogP contribution in [0.25, 0.3) is 11.1 Å². The van der Waals surface area contributed by atoms with E-state index in [2.05, 4.69) is 10.3 Å². The molecule has 7 heteroatoms. The molecule has 7 nitrogen and oxygen atoms in total. The van der Waals surface area contributed by atoms with Crippen molar-refractivity contribution >= 4 is 17.6 Å². The van der Waals surface area contributed by atoms with Crippen molar-refractivity contribution in [1.82, 2.24) is 9.88 Å². The van der Waals surface area contributed by atoms with Crippen LogP contribution >= 0.6 is 0 Å². The number of fused-ring (bicyclic) bond motifs is 1. The fourth-order valence-corrected chi connectivity index (χ4v) is 4.15. The highest BCUT2D eigenvalue weighted by Crippen LogP contribution is 2.51. The quantitative estimate of drug-likeness (QED) is 0.629. The summed E-state index contributed by atoms with van der Waals surface area (Å²) in [5.41, 5.74) is 3.62. The highest BCUT2D eigenvalue weighted by molar-refractivity contribution is 6.01. The number of benzene rings is 2. The average Bonchev–Trinajstić information content (AvgIpc) is 3.50. The number of nitrogens with one attached hydrogen (secondary N) is 1. The summed E-state index contributed by atoms with van der Waals surface area (Å²) in [6, 6.07) is 15.1. The number of aryl methyl sites for hydroxylation is 1. The first-order chi connectivity index (χ1) is 15.9. The third kappa shape index (κ3) is 3.80. The van der Waals surface area contributed by atoms with Gasteiger partial charge in [0.1, 0.15) is 5.82 Å². The number of carbonyl (C=O) groups excluding carboxylic acids is 2. The van der Waals surface area contributed by atoms with Gasteiger partial charge in [0, 0.05) is 32.8 Å². The van der Waals surface area contributed by atoms with Crippen LogP contribution < -0.4 is 14.8 Å². The lowest BCUT2D eigenvalue weighted by atomic mass is 9.94. The summed E-state index contributed by atoms with van der Waals surface area (Å²) in [5.74, 6) is 1.81. The van der Waals surface area contributed by atoms with E-state index in [9.17, 15) is 9.59 Å². The van der Waals surface area contributed by atoms with Crippen molar-refractivity contribution in [2.75, 3.05) is 26.2 Å². The van der Waals surface area contributed by atoms with Crippen LogP contribution in [0.5, 0.6) is 11.5 Å². The maximum Gasteiger partial charge on any atom is 0.253 e. The normalized spacial score (nSPS) is 15.1. The molecule has 1 N–H and O–H groups in total. The number of amides is 2. The van der Waals surface area contributed by atoms with Crippen molar-refractivity contribution in [3.05, 3.63) is 71.4 Å². The molecule has 1 aliphatic carbocycles. The number of aromatic nitrogens is 1. The maximum absolute atomic E-state index is 13.2. The zero-order valence-electron chi connectivity index (χ0n) is 18.8. The minimum atomic E-state index is -0.561. The van der Waals surface area contributed by atoms with Crippen molar-refractivity contribution in [3.8, 4) is 22.6 Å². The molecule has 3 aromatic rings. The number of hydrogen-bond acceptors (Lipinski definition) is 5. The van der Waals surface area contributed by atoms with Gasteiger partial charge in [-0.05, 0) is 66.8 Å². The smallest absolute Gasteiger partial charge is 0.253 e. The fourth-order valence-electron chi connectivity index (χ4n) is 4.15. The number of rotatable bonds is 5. The number of anilines is 1. The second kappa shape index (κ2) is 7.92. The van der Waals surface area contributed by atoms with Gasteiger partial charge in [0.25, 0.3) is 5.91 Å². The van der Waals surface area contributed by atoms with Crippen LogP contribution in [0.4, 0.5) is 5.82 Å². The molecule has 0 bridgehead atoms. The number of carbonyl (C=O) groups is 2. The first-order valence-corrected chi connectivity index (χ1v) is 10.9. The van der Waals surface area contributed by atoms with Crippen LogP contribution in [0.1, 0.15) is 35.8 Å². The summed E-state index contributed by atoms with van der Waals surface area (Å²) in [5, 5.41) is 3.02. The van der Waals surface area contributed by atoms with Crippen LogP contribution in [-0.4, -0.2) is 42.6 Å². The van der Waals surface area contributed by atoms with Crippen molar-refractivity contribution < 1.29 is 20.5 Å². The molecule has 0 radical (unpaired) electrons. The van der Waals surface area contributed by atoms with Crippen molar-refractivity contribution in [1.29, 1.82) is 0 Å². The Bertz CT molecular complexity index is 1270. The Hall–Kier alpha value is -3.87. The molecule has 0 saturated heterocycles. The molecule has 33 heavy (non-hydrogen) atoms. The van der Waals surface area contributed by atoms with Crippen molar-refractivity contribution in [2.45, 2.75) is 25.2 Å². The zero-order chi connectivity index (χ0) is 23.2. The molecule has 1 fully saturated rings. The molecule has 1 aliphatic heterocycles. The molecule has 2 amide bonds. The molecule has 1 saturated carbocycles. The third-order valence-corrected chi connectivity index (χ3v) is 6.27. The number of hydrogen-bond donors (Lipinski definition) is 1. The Morgan fingerprint density at radius 2 is 1.82 bits per heavy atom. The Morgan fingerprint density at radius 3 is 2.55 bits per heavy atom. The first kappa shape index (κ1) is 21.0. The van der Waals surface area contributed by atoms with Gasteiger partial charge >= 0.3 is 0 Å². The molecule has 2 aliphatic rings. The van der Waals surface area contributed by atoms with E-state index in [0.717, 1.165) is 35.1 Å². The Morgan fingerprint density at radius 1 is 1.03 bits per heavy atom. The highest BCUT2D eigenvalue weighted by atomic mass is 16.7. The lowest BCUT2D eigenvalue weighted by Crippen LogP contribution is -2.28. The van der Waals surface area contributed by atoms with Crippen LogP contribution in [0.2, 0.25) is 0 Å². The molecule has 0 spiro atoms. The Labute approximate surface area is 193 Å². The van der Waals surface area contributed by atoms with Crippen molar-refractivity contribution in [3.63, 3.8) is 0 Å². The summed E-state index contributed by atoms with van der Waals surface area (Å²) in [7, 11) is 3.46. The van der Waals surface area contributed by atoms with Gasteiger partial charge in [-0.1, -0.05) is 18.2 Å². The standard InChI is InChI=1S/C26H25N3O4.H2/c1-16-11-19(17-5-4-6-18(12-17)24(30)29(2)3)14-27-23(16)28-25(31)26(9-10-26)20-7-8-21-22(13-20)33-15-32-21;/h4-8,11-14H,9-10,15H2,1-3H3,(H,27,28,31);1H. The molecule has 5 rings (SSSR count). The summed E-state index contributed by atoms with van der Waals surface area (Å²) < 4.78 is 10.9. The van der Waals surface area contributed by atoms with E-state index in [1.165, 1.54) is 0 Å². The molecule has 2 heterocycles. The lowest BCUT2D eigenvalue weighted by molar-refractivity contribution is -0.118. The monoisotopic (exact) mass is 445 g/mol. The highest BCUT2D eigenvalue weighted by Gasteiger charge is 2.51. The van der Waals surface area contributed by atoms with Crippen LogP contribution in [0, 0.1) is 6.92 Å². The maximum atomic E-state index is 13.2. The van der Waals surface area contributed by atoms with E-state index in [0.29, 0.717) is 22.9 Å². The minimum absolute atomic E-state index is 0. The molecular weight excluding hydrogens is 418 g/mol. The van der Waals surface area contributed by atoms with E-state index < -0.39 is 5.41 Å². The van der Waals surface area contributed by atoms with Crippen molar-refractivity contribution in [2.24, 2.45) is 0 Å². The van der Waals surface area contributed by atoms with E-state index in [1.807, 2.05) is 49.4 Å². The average molecular weight is 446 g/mol. The Kier molecular flexibility index (Phi) is 5.04. The van der Waals surface area contributed by atoms with Gasteiger partial charge in [0.05, 0.1) is 5.41 Å². The predicted molar refractivity (Wildman–Crippen MR) is 127 cm³/mol. The summed E-state index contributed by atoms with van der Waals surface area (Å²) in [6.07, 6.45) is 3.28. The second-order valence-electron chi connectivity index (χ2n) is 8.77. The summed E-state index contributed by atoms with van der Waals surface area (Å²) in [4.78, 5) is 31.6. The van der Waals surface area contributed by atoms with Crippen LogP contribution in [-0.2, 0) is 10.2 Å². The van der Waals surface area contributed by atoms with E-state index in [1.54, 1.807) is 31.3 Å². The summed E-state index contributed by atoms with van der Waals surface area (Å²) >= 11 is 0. The van der Waals surface area contributed by atoms with Gasteiger partial charge in [-0.3, -0.25) is 9.59 Å². The predicted octanol–water partition coefficient (Wildman–Crippen LogP) is 4.40. The number of nitrogens with zero attached hydrogens (tertiary/aromatic N) is 2. The number of ether oxygens (including phenoxy) is 2.